The lowest BCUT2D eigenvalue weighted by atomic mass is 10.2. The number of rotatable bonds is 5. The Bertz CT molecular complexity index is 763. The number of hydrogen-bond acceptors (Lipinski definition) is 6. The van der Waals surface area contributed by atoms with Crippen LogP contribution in [0.15, 0.2) is 33.5 Å². The highest BCUT2D eigenvalue weighted by molar-refractivity contribution is 5.80. The van der Waals surface area contributed by atoms with Crippen molar-refractivity contribution >= 4 is 11.9 Å². The van der Waals surface area contributed by atoms with Crippen molar-refractivity contribution < 1.29 is 23.1 Å². The van der Waals surface area contributed by atoms with Crippen molar-refractivity contribution in [3.8, 4) is 11.5 Å². The molecular weight excluding hydrogens is 309 g/mol. The van der Waals surface area contributed by atoms with Crippen molar-refractivity contribution in [2.24, 2.45) is 0 Å². The normalized spacial score (nSPS) is 10.4. The van der Waals surface area contributed by atoms with E-state index < -0.39 is 36.6 Å². The third-order valence-corrected chi connectivity index (χ3v) is 2.83. The first-order valence-electron chi connectivity index (χ1n) is 6.56. The molecule has 0 aliphatic heterocycles. The molecule has 0 bridgehead atoms. The molecule has 8 nitrogen and oxygen atoms in total. The summed E-state index contributed by atoms with van der Waals surface area (Å²) >= 11 is 0. The predicted molar refractivity (Wildman–Crippen MR) is 75.8 cm³/mol. The summed E-state index contributed by atoms with van der Waals surface area (Å²) in [5, 5.41) is 3.83. The fourth-order valence-corrected chi connectivity index (χ4v) is 1.55. The molecule has 0 fully saturated rings. The number of ether oxygens (including phenoxy) is 1. The number of carbonyl (C=O) groups excluding carboxylic acids is 2. The van der Waals surface area contributed by atoms with Crippen molar-refractivity contribution in [2.45, 2.75) is 6.54 Å². The van der Waals surface area contributed by atoms with E-state index in [0.29, 0.717) is 5.56 Å². The molecule has 1 aromatic heterocycles. The van der Waals surface area contributed by atoms with E-state index in [2.05, 4.69) is 5.10 Å². The van der Waals surface area contributed by atoms with Crippen LogP contribution in [0.4, 0.5) is 4.39 Å². The Kier molecular flexibility index (Phi) is 4.89. The van der Waals surface area contributed by atoms with Crippen molar-refractivity contribution in [2.75, 3.05) is 20.7 Å². The number of amides is 1. The Hall–Kier alpha value is -2.97. The number of nitrogens with zero attached hydrogens (tertiary/aromatic N) is 3. The zero-order valence-corrected chi connectivity index (χ0v) is 12.5. The SMILES string of the molecule is CN(C)C(=O)COC(=O)Cn1nc(-c2ccc(F)cc2)oc1=O. The van der Waals surface area contributed by atoms with Gasteiger partial charge in [0.25, 0.3) is 5.91 Å². The lowest BCUT2D eigenvalue weighted by Gasteiger charge is -2.09. The summed E-state index contributed by atoms with van der Waals surface area (Å²) in [6.45, 7) is -0.923. The van der Waals surface area contributed by atoms with Gasteiger partial charge in [0.05, 0.1) is 0 Å². The fourth-order valence-electron chi connectivity index (χ4n) is 1.55. The Morgan fingerprint density at radius 2 is 1.96 bits per heavy atom. The second-order valence-electron chi connectivity index (χ2n) is 4.79. The molecule has 1 amide bonds. The summed E-state index contributed by atoms with van der Waals surface area (Å²) in [7, 11) is 3.04. The van der Waals surface area contributed by atoms with Gasteiger partial charge in [-0.05, 0) is 24.3 Å². The maximum atomic E-state index is 12.9. The van der Waals surface area contributed by atoms with Gasteiger partial charge in [0.1, 0.15) is 12.4 Å². The number of aromatic nitrogens is 2. The first-order valence-corrected chi connectivity index (χ1v) is 6.56. The zero-order valence-electron chi connectivity index (χ0n) is 12.5. The number of halogens is 1. The van der Waals surface area contributed by atoms with Crippen LogP contribution in [-0.2, 0) is 20.9 Å². The molecule has 0 atom stereocenters. The average molecular weight is 323 g/mol. The first-order chi connectivity index (χ1) is 10.9. The molecule has 0 aliphatic rings. The highest BCUT2D eigenvalue weighted by Crippen LogP contribution is 2.15. The predicted octanol–water partition coefficient (Wildman–Crippen LogP) is 0.274. The van der Waals surface area contributed by atoms with E-state index in [1.807, 2.05) is 0 Å². The number of carbonyl (C=O) groups is 2. The Morgan fingerprint density at radius 1 is 1.30 bits per heavy atom. The third-order valence-electron chi connectivity index (χ3n) is 2.83. The number of hydrogen-bond donors (Lipinski definition) is 0. The molecule has 1 aromatic carbocycles. The van der Waals surface area contributed by atoms with Gasteiger partial charge in [0, 0.05) is 19.7 Å². The Labute approximate surface area is 130 Å². The first kappa shape index (κ1) is 16.4. The van der Waals surface area contributed by atoms with Gasteiger partial charge in [-0.3, -0.25) is 9.59 Å². The van der Waals surface area contributed by atoms with E-state index in [0.717, 1.165) is 4.68 Å². The van der Waals surface area contributed by atoms with E-state index in [1.54, 1.807) is 0 Å². The minimum Gasteiger partial charge on any atom is -0.454 e. The number of esters is 1. The quantitative estimate of drug-likeness (QED) is 0.733. The van der Waals surface area contributed by atoms with Crippen LogP contribution in [0.3, 0.4) is 0 Å². The monoisotopic (exact) mass is 323 g/mol. The molecule has 2 aromatic rings. The van der Waals surface area contributed by atoms with Crippen LogP contribution in [0.25, 0.3) is 11.5 Å². The molecule has 0 radical (unpaired) electrons. The molecule has 122 valence electrons. The minimum atomic E-state index is -0.861. The van der Waals surface area contributed by atoms with Gasteiger partial charge in [0.2, 0.25) is 5.89 Å². The van der Waals surface area contributed by atoms with E-state index >= 15 is 0 Å². The standard InChI is InChI=1S/C14H14FN3O5/c1-17(2)11(19)8-22-12(20)7-18-14(21)23-13(16-18)9-3-5-10(15)6-4-9/h3-6H,7-8H2,1-2H3. The summed E-state index contributed by atoms with van der Waals surface area (Å²) in [6.07, 6.45) is 0. The van der Waals surface area contributed by atoms with Crippen LogP contribution in [-0.4, -0.2) is 47.3 Å². The highest BCUT2D eigenvalue weighted by atomic mass is 19.1. The zero-order chi connectivity index (χ0) is 17.0. The molecule has 23 heavy (non-hydrogen) atoms. The largest absolute Gasteiger partial charge is 0.454 e. The van der Waals surface area contributed by atoms with Crippen LogP contribution in [0.5, 0.6) is 0 Å². The van der Waals surface area contributed by atoms with Crippen LogP contribution in [0.2, 0.25) is 0 Å². The molecule has 0 saturated carbocycles. The molecule has 0 aliphatic carbocycles. The van der Waals surface area contributed by atoms with Crippen LogP contribution in [0, 0.1) is 5.82 Å². The van der Waals surface area contributed by atoms with Gasteiger partial charge in [-0.15, -0.1) is 5.10 Å². The second kappa shape index (κ2) is 6.86. The Balaban J connectivity index is 2.04. The maximum Gasteiger partial charge on any atom is 0.437 e. The summed E-state index contributed by atoms with van der Waals surface area (Å²) < 4.78 is 23.3. The van der Waals surface area contributed by atoms with Gasteiger partial charge in [-0.25, -0.2) is 9.18 Å². The second-order valence-corrected chi connectivity index (χ2v) is 4.79. The van der Waals surface area contributed by atoms with E-state index in [4.69, 9.17) is 9.15 Å². The van der Waals surface area contributed by atoms with Gasteiger partial charge < -0.3 is 14.1 Å². The molecule has 0 unspecified atom stereocenters. The average Bonchev–Trinajstić information content (AvgIpc) is 2.86. The lowest BCUT2D eigenvalue weighted by molar-refractivity contribution is -0.151. The van der Waals surface area contributed by atoms with Crippen molar-refractivity contribution in [3.63, 3.8) is 0 Å². The van der Waals surface area contributed by atoms with Gasteiger partial charge in [-0.2, -0.15) is 4.68 Å². The van der Waals surface area contributed by atoms with Gasteiger partial charge in [-0.1, -0.05) is 0 Å². The highest BCUT2D eigenvalue weighted by Gasteiger charge is 2.15. The molecular formula is C14H14FN3O5. The van der Waals surface area contributed by atoms with Crippen LogP contribution < -0.4 is 5.76 Å². The van der Waals surface area contributed by atoms with E-state index in [-0.39, 0.29) is 5.89 Å². The van der Waals surface area contributed by atoms with Crippen molar-refractivity contribution in [1.29, 1.82) is 0 Å². The van der Waals surface area contributed by atoms with Crippen molar-refractivity contribution in [1.82, 2.24) is 14.7 Å². The summed E-state index contributed by atoms with van der Waals surface area (Å²) in [5.74, 6) is -2.55. The number of benzene rings is 1. The summed E-state index contributed by atoms with van der Waals surface area (Å²) in [6, 6.07) is 5.16. The van der Waals surface area contributed by atoms with E-state index in [9.17, 15) is 18.8 Å². The van der Waals surface area contributed by atoms with Gasteiger partial charge >= 0.3 is 11.7 Å². The molecule has 0 spiro atoms. The van der Waals surface area contributed by atoms with Crippen LogP contribution >= 0.6 is 0 Å². The molecule has 0 N–H and O–H groups in total. The van der Waals surface area contributed by atoms with E-state index in [1.165, 1.54) is 43.3 Å². The lowest BCUT2D eigenvalue weighted by Crippen LogP contribution is -2.29. The topological polar surface area (TPSA) is 94.6 Å². The van der Waals surface area contributed by atoms with Gasteiger partial charge in [0.15, 0.2) is 6.61 Å². The molecule has 2 rings (SSSR count). The van der Waals surface area contributed by atoms with Crippen molar-refractivity contribution in [3.05, 3.63) is 40.6 Å². The number of likely N-dealkylation sites (N-methyl/N-ethyl adjacent to an activating group) is 1. The fraction of sp³-hybridized carbons (Fsp3) is 0.286. The minimum absolute atomic E-state index is 0.0489. The molecule has 1 heterocycles. The smallest absolute Gasteiger partial charge is 0.437 e. The molecule has 0 saturated heterocycles. The molecule has 9 heteroatoms. The van der Waals surface area contributed by atoms with Crippen LogP contribution in [0.1, 0.15) is 0 Å². The third kappa shape index (κ3) is 4.25. The summed E-state index contributed by atoms with van der Waals surface area (Å²) in [4.78, 5) is 35.8. The summed E-state index contributed by atoms with van der Waals surface area (Å²) in [5.41, 5.74) is 0.387. The Morgan fingerprint density at radius 3 is 2.57 bits per heavy atom. The maximum absolute atomic E-state index is 12.9.